The number of aromatic hydroxyl groups is 1. The Morgan fingerprint density at radius 1 is 0.416 bits per heavy atom. The maximum absolute atomic E-state index is 15.4. The molecule has 9 atom stereocenters. The van der Waals surface area contributed by atoms with Crippen molar-refractivity contribution in [2.24, 2.45) is 0 Å². The van der Waals surface area contributed by atoms with Crippen molar-refractivity contribution >= 4 is 23.1 Å². The SMILES string of the molecule is C=C(O)c1ccc(CN2C[C@H](C)N([C@H](c3ccc(C(C)=O)cc3)c3cccc(O)c3)C[C@H]2C)cc1.CC(=O)c1ccc([C@H](c2cccc(C)c2)N2C[C@@H](C)N(Cc3cccc(F)c3)C[C@@H]2C)cc1.CC(=O)c1ccc([C@H](c2cccc(C)c2)N2C[C@@H](F)N(Cc3ccccc3F)C[C@@H]2C)cc1. The van der Waals surface area contributed by atoms with E-state index in [9.17, 15) is 33.4 Å². The van der Waals surface area contributed by atoms with Crippen molar-refractivity contribution in [3.05, 3.63) is 320 Å². The predicted molar refractivity (Wildman–Crippen MR) is 400 cm³/mol. The van der Waals surface area contributed by atoms with E-state index >= 15 is 4.39 Å². The number of aliphatic hydroxyl groups is 1. The van der Waals surface area contributed by atoms with Gasteiger partial charge in [0.1, 0.15) is 23.1 Å². The van der Waals surface area contributed by atoms with E-state index in [1.54, 1.807) is 62.1 Å². The molecule has 9 aromatic carbocycles. The molecule has 101 heavy (non-hydrogen) atoms. The second-order valence-corrected chi connectivity index (χ2v) is 28.1. The first-order valence-corrected chi connectivity index (χ1v) is 35.2. The van der Waals surface area contributed by atoms with Crippen LogP contribution in [0.4, 0.5) is 13.2 Å². The Hall–Kier alpha value is -9.12. The van der Waals surface area contributed by atoms with Gasteiger partial charge in [0, 0.05) is 117 Å². The zero-order valence-corrected chi connectivity index (χ0v) is 60.0. The third kappa shape index (κ3) is 19.1. The lowest BCUT2D eigenvalue weighted by Crippen LogP contribution is -2.56. The maximum Gasteiger partial charge on any atom is 0.166 e. The van der Waals surface area contributed by atoms with Crippen molar-refractivity contribution in [3.63, 3.8) is 0 Å². The van der Waals surface area contributed by atoms with E-state index in [4.69, 9.17) is 0 Å². The summed E-state index contributed by atoms with van der Waals surface area (Å²) in [6.07, 6.45) is -1.22. The summed E-state index contributed by atoms with van der Waals surface area (Å²) in [6.45, 7) is 29.7. The number of Topliss-reactive ketones (excluding diaryl/α,β-unsaturated/α-hetero) is 3. The van der Waals surface area contributed by atoms with Gasteiger partial charge in [-0.05, 0) is 144 Å². The van der Waals surface area contributed by atoms with E-state index in [2.05, 4.69) is 127 Å². The molecular weight excluding hydrogens is 1270 g/mol. The highest BCUT2D eigenvalue weighted by molar-refractivity contribution is 5.95. The van der Waals surface area contributed by atoms with Crippen molar-refractivity contribution in [3.8, 4) is 5.75 Å². The molecular formula is C87H97F3N6O5. The fourth-order valence-electron chi connectivity index (χ4n) is 14.7. The topological polar surface area (TPSA) is 111 Å². The summed E-state index contributed by atoms with van der Waals surface area (Å²) >= 11 is 0. The number of benzene rings is 9. The smallest absolute Gasteiger partial charge is 0.166 e. The second kappa shape index (κ2) is 34.0. The zero-order chi connectivity index (χ0) is 72.2. The minimum Gasteiger partial charge on any atom is -0.508 e. The van der Waals surface area contributed by atoms with Gasteiger partial charge in [-0.1, -0.05) is 206 Å². The van der Waals surface area contributed by atoms with Crippen molar-refractivity contribution in [2.45, 2.75) is 144 Å². The molecule has 0 amide bonds. The van der Waals surface area contributed by atoms with Gasteiger partial charge in [-0.2, -0.15) is 0 Å². The van der Waals surface area contributed by atoms with E-state index < -0.39 is 6.30 Å². The van der Waals surface area contributed by atoms with E-state index in [1.807, 2.05) is 122 Å². The number of phenols is 1. The van der Waals surface area contributed by atoms with Gasteiger partial charge in [0.25, 0.3) is 0 Å². The molecule has 3 saturated heterocycles. The summed E-state index contributed by atoms with van der Waals surface area (Å²) in [7, 11) is 0. The number of alkyl halides is 1. The number of phenolic OH excluding ortho intramolecular Hbond substituents is 1. The molecule has 14 heteroatoms. The molecule has 12 rings (SSSR count). The van der Waals surface area contributed by atoms with Gasteiger partial charge in [-0.3, -0.25) is 43.8 Å². The second-order valence-electron chi connectivity index (χ2n) is 28.1. The summed E-state index contributed by atoms with van der Waals surface area (Å²) < 4.78 is 43.3. The number of hydrogen-bond acceptors (Lipinski definition) is 11. The molecule has 2 N–H and O–H groups in total. The summed E-state index contributed by atoms with van der Waals surface area (Å²) in [5.74, 6) is 0.0117. The number of carbonyl (C=O) groups is 3. The lowest BCUT2D eigenvalue weighted by Gasteiger charge is -2.47. The third-order valence-corrected chi connectivity index (χ3v) is 20.2. The molecule has 0 bridgehead atoms. The largest absolute Gasteiger partial charge is 0.508 e. The molecule has 0 spiro atoms. The highest BCUT2D eigenvalue weighted by atomic mass is 19.1. The Morgan fingerprint density at radius 3 is 1.23 bits per heavy atom. The van der Waals surface area contributed by atoms with Gasteiger partial charge in [-0.25, -0.2) is 13.2 Å². The first-order valence-electron chi connectivity index (χ1n) is 35.2. The highest BCUT2D eigenvalue weighted by Gasteiger charge is 2.39. The first-order chi connectivity index (χ1) is 48.4. The van der Waals surface area contributed by atoms with Crippen LogP contribution < -0.4 is 0 Å². The van der Waals surface area contributed by atoms with Gasteiger partial charge in [0.15, 0.2) is 23.6 Å². The molecule has 11 nitrogen and oxygen atoms in total. The van der Waals surface area contributed by atoms with Crippen LogP contribution in [0, 0.1) is 25.5 Å². The van der Waals surface area contributed by atoms with Crippen molar-refractivity contribution in [2.75, 3.05) is 39.3 Å². The molecule has 526 valence electrons. The summed E-state index contributed by atoms with van der Waals surface area (Å²) in [6, 6.07) is 70.6. The molecule has 3 heterocycles. The quantitative estimate of drug-likeness (QED) is 0.0459. The zero-order valence-electron chi connectivity index (χ0n) is 60.0. The number of carbonyl (C=O) groups excluding carboxylic acids is 3. The van der Waals surface area contributed by atoms with E-state index in [1.165, 1.54) is 34.4 Å². The van der Waals surface area contributed by atoms with Crippen molar-refractivity contribution < 1.29 is 37.8 Å². The molecule has 3 aliphatic rings. The number of piperazine rings is 3. The molecule has 0 radical (unpaired) electrons. The number of hydrogen-bond donors (Lipinski definition) is 2. The van der Waals surface area contributed by atoms with Crippen LogP contribution in [0.2, 0.25) is 0 Å². The van der Waals surface area contributed by atoms with E-state index in [0.717, 1.165) is 83.8 Å². The van der Waals surface area contributed by atoms with Gasteiger partial charge < -0.3 is 10.2 Å². The van der Waals surface area contributed by atoms with E-state index in [0.29, 0.717) is 41.4 Å². The number of halogens is 3. The van der Waals surface area contributed by atoms with Gasteiger partial charge in [0.05, 0.1) is 18.1 Å². The average molecular weight is 1360 g/mol. The number of nitrogens with zero attached hydrogens (tertiary/aromatic N) is 6. The number of ketones is 3. The van der Waals surface area contributed by atoms with Crippen LogP contribution in [0.15, 0.2) is 225 Å². The maximum atomic E-state index is 15.4. The summed E-state index contributed by atoms with van der Waals surface area (Å²) in [5, 5.41) is 19.8. The molecule has 0 saturated carbocycles. The Balaban J connectivity index is 0.000000163. The van der Waals surface area contributed by atoms with Crippen LogP contribution in [-0.2, 0) is 19.6 Å². The average Bonchev–Trinajstić information content (AvgIpc) is 0.795. The van der Waals surface area contributed by atoms with Gasteiger partial charge in [-0.15, -0.1) is 0 Å². The number of aryl methyl sites for hydroxylation is 2. The van der Waals surface area contributed by atoms with Crippen LogP contribution in [0.25, 0.3) is 5.76 Å². The van der Waals surface area contributed by atoms with Crippen LogP contribution in [-0.4, -0.2) is 133 Å². The molecule has 0 unspecified atom stereocenters. The summed E-state index contributed by atoms with van der Waals surface area (Å²) in [5.41, 5.74) is 14.7. The Kier molecular flexibility index (Phi) is 25.1. The fraction of sp³-hybridized carbons (Fsp3) is 0.322. The Morgan fingerprint density at radius 2 is 0.812 bits per heavy atom. The molecule has 0 aromatic heterocycles. The lowest BCUT2D eigenvalue weighted by molar-refractivity contribution is -0.0446. The Bertz CT molecular complexity index is 4280. The predicted octanol–water partition coefficient (Wildman–Crippen LogP) is 17.8. The number of rotatable bonds is 19. The van der Waals surface area contributed by atoms with Crippen LogP contribution in [0.3, 0.4) is 0 Å². The highest BCUT2D eigenvalue weighted by Crippen LogP contribution is 2.39. The third-order valence-electron chi connectivity index (χ3n) is 20.2. The molecule has 3 aliphatic heterocycles. The number of aliphatic hydroxyl groups excluding tert-OH is 1. The normalized spacial score (nSPS) is 20.3. The Labute approximate surface area is 595 Å². The first kappa shape index (κ1) is 74.6. The monoisotopic (exact) mass is 1360 g/mol. The van der Waals surface area contributed by atoms with Gasteiger partial charge in [0.2, 0.25) is 0 Å². The van der Waals surface area contributed by atoms with Crippen LogP contribution in [0.1, 0.15) is 171 Å². The van der Waals surface area contributed by atoms with E-state index in [-0.39, 0.29) is 83.8 Å². The standard InChI is InChI=1S/C30H34N2O3.C29H33FN2O.C28H30F2N2O/c1-20-18-32(21(2)17-31(20)19-24-8-10-25(11-9-24)22(3)33)30(28-6-5-7-29(35)16-28)27-14-12-26(13-15-27)23(4)34;1-20-7-5-9-27(15-20)29(26-13-11-25(12-14-26)23(4)33)32-18-21(2)31(17-22(32)3)19-24-8-6-10-28(30)16-24;1-19-7-6-9-24(15-19)28(23-13-11-22(12-14-23)21(3)33)32-18-27(30)31(16-20(32)2)17-25-8-4-5-10-26(25)29/h5-16,20-21,30,33,35H,3,17-19H2,1-2,4H3;5-16,21-22,29H,17-19H2,1-4H3;4-15,20,27-28H,16-18H2,1-3H3/t20-,21+,30-;21-,22+,29-;20-,27-,28+/m110/s1. The lowest BCUT2D eigenvalue weighted by atomic mass is 9.92. The fourth-order valence-corrected chi connectivity index (χ4v) is 14.7. The van der Waals surface area contributed by atoms with Crippen molar-refractivity contribution in [1.82, 2.24) is 29.4 Å². The molecule has 9 aromatic rings. The minimum absolute atomic E-state index is 0.0209. The molecule has 3 fully saturated rings. The van der Waals surface area contributed by atoms with Gasteiger partial charge >= 0.3 is 0 Å². The summed E-state index contributed by atoms with van der Waals surface area (Å²) in [4.78, 5) is 49.3. The molecule has 0 aliphatic carbocycles. The minimum atomic E-state index is -1.22. The van der Waals surface area contributed by atoms with Crippen molar-refractivity contribution in [1.29, 1.82) is 0 Å². The van der Waals surface area contributed by atoms with Crippen LogP contribution >= 0.6 is 0 Å². The van der Waals surface area contributed by atoms with Crippen LogP contribution in [0.5, 0.6) is 5.75 Å².